The molecule has 0 aromatic carbocycles. The maximum Gasteiger partial charge on any atom is 0.354 e. The third kappa shape index (κ3) is 3.01. The molecule has 1 aromatic rings. The first-order chi connectivity index (χ1) is 6.63. The minimum absolute atomic E-state index is 0.0483. The van der Waals surface area contributed by atoms with E-state index >= 15 is 0 Å². The van der Waals surface area contributed by atoms with Crippen LogP contribution in [0.4, 0.5) is 0 Å². The number of nitrogens with two attached hydrogens (primary N) is 1. The number of thiazole rings is 1. The van der Waals surface area contributed by atoms with Gasteiger partial charge < -0.3 is 10.5 Å². The van der Waals surface area contributed by atoms with Gasteiger partial charge in [0.2, 0.25) is 0 Å². The monoisotopic (exact) mass is 232 g/mol. The summed E-state index contributed by atoms with van der Waals surface area (Å²) in [6, 6.07) is 0. The van der Waals surface area contributed by atoms with Gasteiger partial charge in [-0.15, -0.1) is 11.3 Å². The fourth-order valence-electron chi connectivity index (χ4n) is 0.758. The lowest BCUT2D eigenvalue weighted by atomic mass is 10.4. The fraction of sp³-hybridized carbons (Fsp3) is 0.250. The summed E-state index contributed by atoms with van der Waals surface area (Å²) in [6.45, 7) is 2.02. The first-order valence-electron chi connectivity index (χ1n) is 3.89. The Morgan fingerprint density at radius 1 is 1.86 bits per heavy atom. The second-order valence-corrected chi connectivity index (χ2v) is 3.98. The number of halogens is 1. The van der Waals surface area contributed by atoms with Crippen LogP contribution >= 0.6 is 22.9 Å². The van der Waals surface area contributed by atoms with Crippen LogP contribution in [0.25, 0.3) is 6.08 Å². The Morgan fingerprint density at radius 2 is 2.57 bits per heavy atom. The van der Waals surface area contributed by atoms with Crippen molar-refractivity contribution in [3.05, 3.63) is 21.2 Å². The standard InChI is InChI=1S/C8H9ClN2O2S/c1-2-13-7(12)6(10)3-5-4-11-8(9)14-5/h3-4H,2,10H2,1H3/b6-3-. The van der Waals surface area contributed by atoms with Crippen molar-refractivity contribution in [2.24, 2.45) is 5.73 Å². The van der Waals surface area contributed by atoms with Gasteiger partial charge in [-0.3, -0.25) is 0 Å². The molecule has 4 nitrogen and oxygen atoms in total. The molecule has 2 N–H and O–H groups in total. The van der Waals surface area contributed by atoms with E-state index in [2.05, 4.69) is 4.98 Å². The first-order valence-corrected chi connectivity index (χ1v) is 5.08. The molecule has 14 heavy (non-hydrogen) atoms. The molecule has 0 radical (unpaired) electrons. The summed E-state index contributed by atoms with van der Waals surface area (Å²) < 4.78 is 5.11. The molecule has 0 saturated heterocycles. The van der Waals surface area contributed by atoms with Gasteiger partial charge in [-0.1, -0.05) is 11.6 Å². The fourth-order valence-corrected chi connectivity index (χ4v) is 1.66. The molecule has 0 aliphatic carbocycles. The van der Waals surface area contributed by atoms with E-state index in [4.69, 9.17) is 22.1 Å². The third-order valence-corrected chi connectivity index (χ3v) is 2.37. The van der Waals surface area contributed by atoms with Crippen molar-refractivity contribution >= 4 is 35.0 Å². The minimum Gasteiger partial charge on any atom is -0.461 e. The molecule has 1 rings (SSSR count). The second-order valence-electron chi connectivity index (χ2n) is 2.34. The van der Waals surface area contributed by atoms with Gasteiger partial charge in [0.15, 0.2) is 4.47 Å². The highest BCUT2D eigenvalue weighted by molar-refractivity contribution is 7.16. The molecule has 0 aliphatic rings. The topological polar surface area (TPSA) is 65.2 Å². The average molecular weight is 233 g/mol. The zero-order valence-electron chi connectivity index (χ0n) is 7.49. The van der Waals surface area contributed by atoms with Crippen molar-refractivity contribution in [3.63, 3.8) is 0 Å². The Bertz CT molecular complexity index is 362. The molecule has 6 heteroatoms. The molecule has 0 bridgehead atoms. The van der Waals surface area contributed by atoms with Gasteiger partial charge >= 0.3 is 5.97 Å². The number of rotatable bonds is 3. The number of carbonyl (C=O) groups is 1. The van der Waals surface area contributed by atoms with Crippen LogP contribution in [0, 0.1) is 0 Å². The van der Waals surface area contributed by atoms with E-state index in [9.17, 15) is 4.79 Å². The van der Waals surface area contributed by atoms with Crippen molar-refractivity contribution in [1.82, 2.24) is 4.98 Å². The number of carbonyl (C=O) groups excluding carboxylic acids is 1. The van der Waals surface area contributed by atoms with Gasteiger partial charge in [0.05, 0.1) is 11.5 Å². The number of esters is 1. The van der Waals surface area contributed by atoms with E-state index in [0.29, 0.717) is 11.1 Å². The predicted molar refractivity (Wildman–Crippen MR) is 55.9 cm³/mol. The van der Waals surface area contributed by atoms with Crippen molar-refractivity contribution in [1.29, 1.82) is 0 Å². The molecule has 76 valence electrons. The van der Waals surface area contributed by atoms with Gasteiger partial charge in [-0.2, -0.15) is 0 Å². The van der Waals surface area contributed by atoms with Crippen LogP contribution < -0.4 is 5.73 Å². The Balaban J connectivity index is 2.73. The van der Waals surface area contributed by atoms with E-state index in [1.165, 1.54) is 17.4 Å². The minimum atomic E-state index is -0.531. The summed E-state index contributed by atoms with van der Waals surface area (Å²) >= 11 is 6.85. The molecule has 1 heterocycles. The lowest BCUT2D eigenvalue weighted by Gasteiger charge is -1.99. The van der Waals surface area contributed by atoms with Crippen molar-refractivity contribution in [2.45, 2.75) is 6.92 Å². The number of hydrogen-bond donors (Lipinski definition) is 1. The van der Waals surface area contributed by atoms with Gasteiger partial charge in [0, 0.05) is 6.20 Å². The Labute approximate surface area is 90.3 Å². The van der Waals surface area contributed by atoms with Crippen LogP contribution in [-0.4, -0.2) is 17.6 Å². The Kier molecular flexibility index (Phi) is 3.91. The summed E-state index contributed by atoms with van der Waals surface area (Å²) in [7, 11) is 0. The predicted octanol–water partition coefficient (Wildman–Crippen LogP) is 1.66. The number of aromatic nitrogens is 1. The molecule has 0 aliphatic heterocycles. The molecule has 0 amide bonds. The van der Waals surface area contributed by atoms with Gasteiger partial charge in [-0.05, 0) is 13.0 Å². The molecule has 0 fully saturated rings. The zero-order chi connectivity index (χ0) is 10.6. The van der Waals surface area contributed by atoms with Crippen LogP contribution in [0.1, 0.15) is 11.8 Å². The highest BCUT2D eigenvalue weighted by Gasteiger charge is 2.06. The number of ether oxygens (including phenoxy) is 1. The maximum atomic E-state index is 11.1. The van der Waals surface area contributed by atoms with Crippen molar-refractivity contribution < 1.29 is 9.53 Å². The summed E-state index contributed by atoms with van der Waals surface area (Å²) in [5.41, 5.74) is 5.52. The number of nitrogens with zero attached hydrogens (tertiary/aromatic N) is 1. The van der Waals surface area contributed by atoms with Crippen molar-refractivity contribution in [3.8, 4) is 0 Å². The molecule has 1 aromatic heterocycles. The van der Waals surface area contributed by atoms with Crippen LogP contribution in [0.15, 0.2) is 11.9 Å². The van der Waals surface area contributed by atoms with Crippen LogP contribution in [0.2, 0.25) is 4.47 Å². The highest BCUT2D eigenvalue weighted by Crippen LogP contribution is 2.19. The van der Waals surface area contributed by atoms with Gasteiger partial charge in [0.1, 0.15) is 5.70 Å². The lowest BCUT2D eigenvalue weighted by Crippen LogP contribution is -2.14. The highest BCUT2D eigenvalue weighted by atomic mass is 35.5. The Hall–Kier alpha value is -1.07. The normalized spacial score (nSPS) is 11.4. The summed E-state index contributed by atoms with van der Waals surface area (Å²) in [5.74, 6) is -0.531. The van der Waals surface area contributed by atoms with E-state index in [0.717, 1.165) is 4.88 Å². The molecular weight excluding hydrogens is 224 g/mol. The van der Waals surface area contributed by atoms with Gasteiger partial charge in [-0.25, -0.2) is 9.78 Å². The second kappa shape index (κ2) is 4.97. The Morgan fingerprint density at radius 3 is 3.07 bits per heavy atom. The molecule has 0 unspecified atom stereocenters. The first kappa shape index (κ1) is 11.0. The summed E-state index contributed by atoms with van der Waals surface area (Å²) in [6.07, 6.45) is 3.03. The van der Waals surface area contributed by atoms with Crippen LogP contribution in [-0.2, 0) is 9.53 Å². The zero-order valence-corrected chi connectivity index (χ0v) is 9.06. The van der Waals surface area contributed by atoms with Crippen LogP contribution in [0.5, 0.6) is 0 Å². The summed E-state index contributed by atoms with van der Waals surface area (Å²) in [4.78, 5) is 15.6. The quantitative estimate of drug-likeness (QED) is 0.636. The van der Waals surface area contributed by atoms with Gasteiger partial charge in [0.25, 0.3) is 0 Å². The van der Waals surface area contributed by atoms with E-state index in [1.54, 1.807) is 13.1 Å². The van der Waals surface area contributed by atoms with E-state index in [1.807, 2.05) is 0 Å². The molecule has 0 saturated carbocycles. The smallest absolute Gasteiger partial charge is 0.354 e. The maximum absolute atomic E-state index is 11.1. The third-order valence-electron chi connectivity index (χ3n) is 1.30. The van der Waals surface area contributed by atoms with Crippen LogP contribution in [0.3, 0.4) is 0 Å². The van der Waals surface area contributed by atoms with E-state index in [-0.39, 0.29) is 5.70 Å². The largest absolute Gasteiger partial charge is 0.461 e. The molecular formula is C8H9ClN2O2S. The SMILES string of the molecule is CCOC(=O)/C(N)=C/c1cnc(Cl)s1. The molecule has 0 spiro atoms. The number of hydrogen-bond acceptors (Lipinski definition) is 5. The average Bonchev–Trinajstić information content (AvgIpc) is 2.51. The molecule has 0 atom stereocenters. The summed E-state index contributed by atoms with van der Waals surface area (Å²) in [5, 5.41) is 0. The van der Waals surface area contributed by atoms with Crippen molar-refractivity contribution in [2.75, 3.05) is 6.61 Å². The lowest BCUT2D eigenvalue weighted by molar-refractivity contribution is -0.138. The van der Waals surface area contributed by atoms with E-state index < -0.39 is 5.97 Å².